The van der Waals surface area contributed by atoms with E-state index in [1.54, 1.807) is 5.38 Å². The van der Waals surface area contributed by atoms with Crippen molar-refractivity contribution in [2.24, 2.45) is 11.8 Å². The molecule has 0 saturated carbocycles. The first kappa shape index (κ1) is 19.0. The van der Waals surface area contributed by atoms with Gasteiger partial charge in [0.05, 0.1) is 6.04 Å². The maximum atomic E-state index is 12.9. The largest absolute Gasteiger partial charge is 0.375 e. The molecule has 1 amide bonds. The molecule has 1 aromatic carbocycles. The molecule has 0 aliphatic carbocycles. The minimum absolute atomic E-state index is 0. The van der Waals surface area contributed by atoms with Crippen molar-refractivity contribution in [2.45, 2.75) is 6.04 Å². The molecule has 3 heterocycles. The van der Waals surface area contributed by atoms with Crippen LogP contribution in [0.4, 0.5) is 5.13 Å². The minimum atomic E-state index is -0.00352. The Morgan fingerprint density at radius 1 is 1.25 bits per heavy atom. The summed E-state index contributed by atoms with van der Waals surface area (Å²) in [4.78, 5) is 19.0. The molecule has 0 unspecified atom stereocenters. The van der Waals surface area contributed by atoms with E-state index >= 15 is 0 Å². The van der Waals surface area contributed by atoms with Gasteiger partial charge in [0.25, 0.3) is 5.91 Å². The molecule has 0 spiro atoms. The number of carbonyl (C=O) groups is 1. The van der Waals surface area contributed by atoms with E-state index in [0.717, 1.165) is 19.6 Å². The van der Waals surface area contributed by atoms with E-state index in [0.29, 0.717) is 22.7 Å². The van der Waals surface area contributed by atoms with Crippen LogP contribution in [0.2, 0.25) is 0 Å². The molecule has 0 bridgehead atoms. The fourth-order valence-corrected chi connectivity index (χ4v) is 4.28. The number of thiazole rings is 1. The third kappa shape index (κ3) is 3.24. The van der Waals surface area contributed by atoms with Crippen molar-refractivity contribution in [2.75, 3.05) is 25.4 Å². The molecule has 2 aliphatic rings. The van der Waals surface area contributed by atoms with Gasteiger partial charge in [0.2, 0.25) is 0 Å². The zero-order chi connectivity index (χ0) is 15.1. The van der Waals surface area contributed by atoms with Gasteiger partial charge >= 0.3 is 0 Å². The van der Waals surface area contributed by atoms with Gasteiger partial charge in [-0.2, -0.15) is 0 Å². The highest BCUT2D eigenvalue weighted by Gasteiger charge is 2.47. The standard InChI is InChI=1S/C16H18N4OS.2ClH/c17-16-19-13(9-22-16)15(21)20-8-11-6-18-7-12(11)14(20)10-4-2-1-3-5-10;;/h1-5,9,11-12,14,18H,6-8H2,(H2,17,19);2*1H/t11-,12-,14-;;/m0../s1. The fraction of sp³-hybridized carbons (Fsp3) is 0.375. The number of hydrogen-bond donors (Lipinski definition) is 2. The van der Waals surface area contributed by atoms with E-state index in [1.807, 2.05) is 23.1 Å². The average Bonchev–Trinajstić information content (AvgIpc) is 3.22. The first-order valence-electron chi connectivity index (χ1n) is 7.51. The number of nitrogens with zero attached hydrogens (tertiary/aromatic N) is 2. The van der Waals surface area contributed by atoms with Gasteiger partial charge in [-0.3, -0.25) is 4.79 Å². The highest BCUT2D eigenvalue weighted by Crippen LogP contribution is 2.43. The molecule has 2 saturated heterocycles. The van der Waals surface area contributed by atoms with Gasteiger partial charge < -0.3 is 16.0 Å². The van der Waals surface area contributed by atoms with Crippen LogP contribution in [0.5, 0.6) is 0 Å². The number of halogens is 2. The summed E-state index contributed by atoms with van der Waals surface area (Å²) in [6, 6.07) is 10.4. The van der Waals surface area contributed by atoms with Crippen LogP contribution in [-0.4, -0.2) is 35.4 Å². The Bertz CT molecular complexity index is 696. The lowest BCUT2D eigenvalue weighted by Crippen LogP contribution is -2.34. The summed E-state index contributed by atoms with van der Waals surface area (Å²) in [5.41, 5.74) is 7.35. The van der Waals surface area contributed by atoms with Crippen molar-refractivity contribution in [3.8, 4) is 0 Å². The summed E-state index contributed by atoms with van der Waals surface area (Å²) < 4.78 is 0. The van der Waals surface area contributed by atoms with Crippen molar-refractivity contribution in [3.63, 3.8) is 0 Å². The first-order chi connectivity index (χ1) is 10.7. The Balaban J connectivity index is 0.00000104. The monoisotopic (exact) mass is 386 g/mol. The van der Waals surface area contributed by atoms with E-state index in [-0.39, 0.29) is 36.8 Å². The number of hydrogen-bond acceptors (Lipinski definition) is 5. The predicted molar refractivity (Wildman–Crippen MR) is 101 cm³/mol. The number of amides is 1. The molecular formula is C16H20Cl2N4OS. The second kappa shape index (κ2) is 7.70. The molecule has 3 N–H and O–H groups in total. The number of likely N-dealkylation sites (tertiary alicyclic amines) is 1. The normalized spacial score (nSPS) is 24.8. The minimum Gasteiger partial charge on any atom is -0.375 e. The van der Waals surface area contributed by atoms with Crippen molar-refractivity contribution in [1.82, 2.24) is 15.2 Å². The van der Waals surface area contributed by atoms with Crippen LogP contribution in [0, 0.1) is 11.8 Å². The highest BCUT2D eigenvalue weighted by molar-refractivity contribution is 7.13. The molecule has 4 rings (SSSR count). The van der Waals surface area contributed by atoms with Gasteiger partial charge in [-0.25, -0.2) is 4.98 Å². The summed E-state index contributed by atoms with van der Waals surface area (Å²) in [6.45, 7) is 2.73. The number of nitrogens with one attached hydrogen (secondary N) is 1. The van der Waals surface area contributed by atoms with Gasteiger partial charge in [-0.15, -0.1) is 36.2 Å². The van der Waals surface area contributed by atoms with Crippen molar-refractivity contribution in [3.05, 3.63) is 47.0 Å². The molecule has 8 heteroatoms. The van der Waals surface area contributed by atoms with Crippen LogP contribution >= 0.6 is 36.2 Å². The lowest BCUT2D eigenvalue weighted by molar-refractivity contribution is 0.0709. The van der Waals surface area contributed by atoms with Crippen LogP contribution in [0.1, 0.15) is 22.1 Å². The quantitative estimate of drug-likeness (QED) is 0.831. The second-order valence-electron chi connectivity index (χ2n) is 5.97. The molecule has 2 fully saturated rings. The topological polar surface area (TPSA) is 71.2 Å². The first-order valence-corrected chi connectivity index (χ1v) is 8.39. The number of rotatable bonds is 2. The number of nitrogens with two attached hydrogens (primary N) is 1. The van der Waals surface area contributed by atoms with Crippen molar-refractivity contribution < 1.29 is 4.79 Å². The average molecular weight is 387 g/mol. The SMILES string of the molecule is Cl.Cl.Nc1nc(C(=O)N2C[C@@H]3CNC[C@@H]3[C@@H]2c2ccccc2)cs1. The number of anilines is 1. The number of benzene rings is 1. The van der Waals surface area contributed by atoms with Crippen LogP contribution in [-0.2, 0) is 0 Å². The number of aromatic nitrogens is 1. The lowest BCUT2D eigenvalue weighted by Gasteiger charge is -2.27. The molecule has 5 nitrogen and oxygen atoms in total. The Morgan fingerprint density at radius 3 is 2.67 bits per heavy atom. The Hall–Kier alpha value is -1.34. The summed E-state index contributed by atoms with van der Waals surface area (Å²) in [5, 5.41) is 5.66. The molecule has 130 valence electrons. The van der Waals surface area contributed by atoms with Crippen LogP contribution in [0.3, 0.4) is 0 Å². The maximum absolute atomic E-state index is 12.9. The zero-order valence-electron chi connectivity index (χ0n) is 12.9. The molecule has 2 aromatic rings. The van der Waals surface area contributed by atoms with Crippen molar-refractivity contribution in [1.29, 1.82) is 0 Å². The Kier molecular flexibility index (Phi) is 6.09. The lowest BCUT2D eigenvalue weighted by atomic mass is 9.89. The highest BCUT2D eigenvalue weighted by atomic mass is 35.5. The van der Waals surface area contributed by atoms with E-state index in [4.69, 9.17) is 5.73 Å². The third-order valence-electron chi connectivity index (χ3n) is 4.71. The Labute approximate surface area is 157 Å². The third-order valence-corrected chi connectivity index (χ3v) is 5.38. The molecule has 24 heavy (non-hydrogen) atoms. The molecule has 1 aromatic heterocycles. The van der Waals surface area contributed by atoms with E-state index in [1.165, 1.54) is 16.9 Å². The van der Waals surface area contributed by atoms with Gasteiger partial charge in [0.1, 0.15) is 5.69 Å². The fourth-order valence-electron chi connectivity index (χ4n) is 3.74. The Morgan fingerprint density at radius 2 is 2.00 bits per heavy atom. The molecular weight excluding hydrogens is 367 g/mol. The maximum Gasteiger partial charge on any atom is 0.273 e. The molecule has 3 atom stereocenters. The molecule has 2 aliphatic heterocycles. The summed E-state index contributed by atoms with van der Waals surface area (Å²) >= 11 is 1.32. The van der Waals surface area contributed by atoms with Gasteiger partial charge in [0, 0.05) is 30.9 Å². The smallest absolute Gasteiger partial charge is 0.273 e. The zero-order valence-corrected chi connectivity index (χ0v) is 15.4. The summed E-state index contributed by atoms with van der Waals surface area (Å²) in [6.07, 6.45) is 0. The van der Waals surface area contributed by atoms with E-state index in [9.17, 15) is 4.79 Å². The van der Waals surface area contributed by atoms with Gasteiger partial charge in [-0.1, -0.05) is 30.3 Å². The van der Waals surface area contributed by atoms with E-state index < -0.39 is 0 Å². The van der Waals surface area contributed by atoms with Gasteiger partial charge in [0.15, 0.2) is 5.13 Å². The predicted octanol–water partition coefficient (Wildman–Crippen LogP) is 2.60. The van der Waals surface area contributed by atoms with Gasteiger partial charge in [-0.05, 0) is 11.5 Å². The number of nitrogen functional groups attached to an aromatic ring is 1. The van der Waals surface area contributed by atoms with Crippen LogP contribution in [0.25, 0.3) is 0 Å². The summed E-state index contributed by atoms with van der Waals surface area (Å²) in [5.74, 6) is 0.990. The summed E-state index contributed by atoms with van der Waals surface area (Å²) in [7, 11) is 0. The molecule has 0 radical (unpaired) electrons. The van der Waals surface area contributed by atoms with Crippen molar-refractivity contribution >= 4 is 47.2 Å². The number of carbonyl (C=O) groups excluding carboxylic acids is 1. The van der Waals surface area contributed by atoms with Crippen LogP contribution in [0.15, 0.2) is 35.7 Å². The van der Waals surface area contributed by atoms with Crippen LogP contribution < -0.4 is 11.1 Å². The van der Waals surface area contributed by atoms with E-state index in [2.05, 4.69) is 22.4 Å². The second-order valence-corrected chi connectivity index (χ2v) is 6.86. The number of fused-ring (bicyclic) bond motifs is 1.